The molecule has 114 valence electrons. The van der Waals surface area contributed by atoms with Gasteiger partial charge < -0.3 is 14.9 Å². The van der Waals surface area contributed by atoms with E-state index in [1.54, 1.807) is 13.0 Å². The number of anilines is 1. The highest BCUT2D eigenvalue weighted by Gasteiger charge is 2.25. The molecule has 21 heavy (non-hydrogen) atoms. The molecule has 1 fully saturated rings. The molecular weight excluding hydrogens is 262 g/mol. The van der Waals surface area contributed by atoms with Crippen LogP contribution in [0.5, 0.6) is 0 Å². The third-order valence-corrected chi connectivity index (χ3v) is 4.29. The van der Waals surface area contributed by atoms with Gasteiger partial charge in [0.1, 0.15) is 0 Å². The minimum absolute atomic E-state index is 0.420. The first-order valence-corrected chi connectivity index (χ1v) is 7.74. The molecule has 0 spiro atoms. The highest BCUT2D eigenvalue weighted by molar-refractivity contribution is 5.59. The molecule has 0 amide bonds. The van der Waals surface area contributed by atoms with Gasteiger partial charge in [-0.05, 0) is 45.5 Å². The molecule has 0 aliphatic carbocycles. The van der Waals surface area contributed by atoms with Gasteiger partial charge in [0.15, 0.2) is 0 Å². The average molecular weight is 287 g/mol. The van der Waals surface area contributed by atoms with E-state index < -0.39 is 6.10 Å². The second-order valence-corrected chi connectivity index (χ2v) is 5.93. The Bertz CT molecular complexity index is 521. The zero-order chi connectivity index (χ0) is 15.4. The van der Waals surface area contributed by atoms with Crippen molar-refractivity contribution < 1.29 is 5.11 Å². The normalized spacial score (nSPS) is 21.7. The molecule has 1 aromatic rings. The van der Waals surface area contributed by atoms with Gasteiger partial charge in [-0.1, -0.05) is 13.0 Å². The maximum atomic E-state index is 10.1. The SMILES string of the molecule is CCC1CN(C)CCCN1c1cc(C#N)ccc1C(C)O. The van der Waals surface area contributed by atoms with Gasteiger partial charge in [-0.25, -0.2) is 0 Å². The molecule has 2 rings (SSSR count). The van der Waals surface area contributed by atoms with Crippen molar-refractivity contribution >= 4 is 5.69 Å². The van der Waals surface area contributed by atoms with Gasteiger partial charge in [0.05, 0.1) is 17.7 Å². The van der Waals surface area contributed by atoms with Crippen LogP contribution >= 0.6 is 0 Å². The van der Waals surface area contributed by atoms with Crippen molar-refractivity contribution in [1.29, 1.82) is 5.26 Å². The second-order valence-electron chi connectivity index (χ2n) is 5.93. The number of nitrogens with zero attached hydrogens (tertiary/aromatic N) is 3. The minimum atomic E-state index is -0.522. The Morgan fingerprint density at radius 2 is 2.19 bits per heavy atom. The molecule has 0 saturated carbocycles. The van der Waals surface area contributed by atoms with E-state index in [1.807, 2.05) is 12.1 Å². The molecule has 0 radical (unpaired) electrons. The van der Waals surface area contributed by atoms with Gasteiger partial charge in [0, 0.05) is 30.4 Å². The van der Waals surface area contributed by atoms with Crippen LogP contribution in [0.25, 0.3) is 0 Å². The number of hydrogen-bond acceptors (Lipinski definition) is 4. The summed E-state index contributed by atoms with van der Waals surface area (Å²) in [6.45, 7) is 7.07. The van der Waals surface area contributed by atoms with Crippen molar-refractivity contribution in [2.24, 2.45) is 0 Å². The van der Waals surface area contributed by atoms with Crippen LogP contribution in [0.15, 0.2) is 18.2 Å². The van der Waals surface area contributed by atoms with Crippen molar-refractivity contribution in [3.63, 3.8) is 0 Å². The quantitative estimate of drug-likeness (QED) is 0.928. The molecule has 1 aromatic carbocycles. The van der Waals surface area contributed by atoms with Crippen LogP contribution in [0, 0.1) is 11.3 Å². The van der Waals surface area contributed by atoms with Gasteiger partial charge >= 0.3 is 0 Å². The van der Waals surface area contributed by atoms with Crippen molar-refractivity contribution in [1.82, 2.24) is 4.90 Å². The Labute approximate surface area is 127 Å². The average Bonchev–Trinajstić information content (AvgIpc) is 2.67. The summed E-state index contributed by atoms with van der Waals surface area (Å²) in [6.07, 6.45) is 1.63. The molecule has 0 aromatic heterocycles. The first kappa shape index (κ1) is 15.8. The first-order chi connectivity index (χ1) is 10.1. The third-order valence-electron chi connectivity index (χ3n) is 4.29. The highest BCUT2D eigenvalue weighted by Crippen LogP contribution is 2.31. The van der Waals surface area contributed by atoms with Crippen LogP contribution in [0.2, 0.25) is 0 Å². The summed E-state index contributed by atoms with van der Waals surface area (Å²) in [5, 5.41) is 19.2. The lowest BCUT2D eigenvalue weighted by atomic mass is 10.0. The van der Waals surface area contributed by atoms with Gasteiger partial charge in [-0.15, -0.1) is 0 Å². The number of hydrogen-bond donors (Lipinski definition) is 1. The molecule has 1 saturated heterocycles. The molecule has 1 heterocycles. The molecular formula is C17H25N3O. The van der Waals surface area contributed by atoms with Crippen LogP contribution in [-0.4, -0.2) is 42.7 Å². The van der Waals surface area contributed by atoms with Crippen LogP contribution in [0.1, 0.15) is 43.9 Å². The fourth-order valence-electron chi connectivity index (χ4n) is 3.13. The Morgan fingerprint density at radius 3 is 2.81 bits per heavy atom. The molecule has 1 aliphatic heterocycles. The van der Waals surface area contributed by atoms with E-state index in [-0.39, 0.29) is 0 Å². The summed E-state index contributed by atoms with van der Waals surface area (Å²) < 4.78 is 0. The van der Waals surface area contributed by atoms with Gasteiger partial charge in [0.2, 0.25) is 0 Å². The number of likely N-dealkylation sites (N-methyl/N-ethyl adjacent to an activating group) is 1. The van der Waals surface area contributed by atoms with E-state index in [0.29, 0.717) is 11.6 Å². The predicted molar refractivity (Wildman–Crippen MR) is 85.3 cm³/mol. The zero-order valence-electron chi connectivity index (χ0n) is 13.2. The minimum Gasteiger partial charge on any atom is -0.389 e. The standard InChI is InChI=1S/C17H25N3O/c1-4-15-12-19(3)8-5-9-20(15)17-10-14(11-18)6-7-16(17)13(2)21/h6-7,10,13,15,21H,4-5,8-9,12H2,1-3H3. The van der Waals surface area contributed by atoms with E-state index in [4.69, 9.17) is 0 Å². The first-order valence-electron chi connectivity index (χ1n) is 7.74. The lowest BCUT2D eigenvalue weighted by molar-refractivity contribution is 0.199. The Hall–Kier alpha value is -1.57. The van der Waals surface area contributed by atoms with Gasteiger partial charge in [-0.2, -0.15) is 5.26 Å². The van der Waals surface area contributed by atoms with E-state index in [0.717, 1.165) is 43.7 Å². The summed E-state index contributed by atoms with van der Waals surface area (Å²) in [5.41, 5.74) is 2.59. The maximum Gasteiger partial charge on any atom is 0.0992 e. The van der Waals surface area contributed by atoms with E-state index in [9.17, 15) is 10.4 Å². The fourth-order valence-corrected chi connectivity index (χ4v) is 3.13. The predicted octanol–water partition coefficient (Wildman–Crippen LogP) is 2.53. The molecule has 0 bridgehead atoms. The van der Waals surface area contributed by atoms with Gasteiger partial charge in [0.25, 0.3) is 0 Å². The Balaban J connectivity index is 2.44. The highest BCUT2D eigenvalue weighted by atomic mass is 16.3. The molecule has 2 unspecified atom stereocenters. The Morgan fingerprint density at radius 1 is 1.43 bits per heavy atom. The van der Waals surface area contributed by atoms with Crippen LogP contribution in [-0.2, 0) is 0 Å². The molecule has 4 nitrogen and oxygen atoms in total. The summed E-state index contributed by atoms with van der Waals surface area (Å²) in [6, 6.07) is 8.23. The summed E-state index contributed by atoms with van der Waals surface area (Å²) >= 11 is 0. The summed E-state index contributed by atoms with van der Waals surface area (Å²) in [4.78, 5) is 4.75. The number of rotatable bonds is 3. The van der Waals surface area contributed by atoms with Crippen molar-refractivity contribution in [2.75, 3.05) is 31.6 Å². The van der Waals surface area contributed by atoms with Crippen LogP contribution < -0.4 is 4.90 Å². The topological polar surface area (TPSA) is 50.5 Å². The van der Waals surface area contributed by atoms with Crippen molar-refractivity contribution in [3.05, 3.63) is 29.3 Å². The van der Waals surface area contributed by atoms with Crippen LogP contribution in [0.3, 0.4) is 0 Å². The lowest BCUT2D eigenvalue weighted by Gasteiger charge is -2.34. The largest absolute Gasteiger partial charge is 0.389 e. The monoisotopic (exact) mass is 287 g/mol. The molecule has 1 aliphatic rings. The Kier molecular flexibility index (Phi) is 5.22. The molecule has 4 heteroatoms. The maximum absolute atomic E-state index is 10.1. The number of aliphatic hydroxyl groups excluding tert-OH is 1. The lowest BCUT2D eigenvalue weighted by Crippen LogP contribution is -2.40. The van der Waals surface area contributed by atoms with Gasteiger partial charge in [-0.3, -0.25) is 0 Å². The zero-order valence-corrected chi connectivity index (χ0v) is 13.2. The van der Waals surface area contributed by atoms with E-state index >= 15 is 0 Å². The number of aliphatic hydroxyl groups is 1. The molecule has 2 atom stereocenters. The van der Waals surface area contributed by atoms with Crippen molar-refractivity contribution in [3.8, 4) is 6.07 Å². The fraction of sp³-hybridized carbons (Fsp3) is 0.588. The van der Waals surface area contributed by atoms with E-state index in [2.05, 4.69) is 29.8 Å². The summed E-state index contributed by atoms with van der Waals surface area (Å²) in [5.74, 6) is 0. The summed E-state index contributed by atoms with van der Waals surface area (Å²) in [7, 11) is 2.16. The molecule has 1 N–H and O–H groups in total. The van der Waals surface area contributed by atoms with Crippen molar-refractivity contribution in [2.45, 2.75) is 38.8 Å². The van der Waals surface area contributed by atoms with Crippen LogP contribution in [0.4, 0.5) is 5.69 Å². The van der Waals surface area contributed by atoms with E-state index in [1.165, 1.54) is 0 Å². The smallest absolute Gasteiger partial charge is 0.0992 e. The third kappa shape index (κ3) is 3.55. The number of nitriles is 1. The second kappa shape index (κ2) is 6.93. The number of benzene rings is 1.